The lowest BCUT2D eigenvalue weighted by molar-refractivity contribution is 0.299. The Labute approximate surface area is 98.9 Å². The zero-order chi connectivity index (χ0) is 12.1. The summed E-state index contributed by atoms with van der Waals surface area (Å²) in [7, 11) is 0. The number of aliphatic hydroxyl groups is 1. The van der Waals surface area contributed by atoms with Crippen LogP contribution in [0.4, 0.5) is 5.82 Å². The molecule has 1 heterocycles. The van der Waals surface area contributed by atoms with Crippen molar-refractivity contribution in [2.75, 3.05) is 12.3 Å². The van der Waals surface area contributed by atoms with Crippen LogP contribution in [0, 0.1) is 0 Å². The number of nitrogens with two attached hydrogens (primary N) is 1. The average molecular weight is 231 g/mol. The van der Waals surface area contributed by atoms with E-state index < -0.39 is 0 Å². The highest BCUT2D eigenvalue weighted by molar-refractivity contribution is 5.32. The molecule has 5 nitrogen and oxygen atoms in total. The maximum absolute atomic E-state index is 8.79. The molecule has 0 radical (unpaired) electrons. The third-order valence-electron chi connectivity index (χ3n) is 2.18. The number of anilines is 1. The molecular weight excluding hydrogens is 218 g/mol. The molecule has 0 saturated carbocycles. The van der Waals surface area contributed by atoms with Gasteiger partial charge in [0, 0.05) is 6.61 Å². The predicted molar refractivity (Wildman–Crippen MR) is 63.8 cm³/mol. The zero-order valence-electron chi connectivity index (χ0n) is 9.21. The van der Waals surface area contributed by atoms with Crippen LogP contribution in [0.5, 0.6) is 11.6 Å². The number of hydrogen-bond acceptors (Lipinski definition) is 5. The van der Waals surface area contributed by atoms with Gasteiger partial charge in [-0.05, 0) is 24.1 Å². The van der Waals surface area contributed by atoms with Gasteiger partial charge in [-0.3, -0.25) is 4.98 Å². The van der Waals surface area contributed by atoms with E-state index in [0.717, 1.165) is 5.56 Å². The summed E-state index contributed by atoms with van der Waals surface area (Å²) >= 11 is 0. The maximum Gasteiger partial charge on any atom is 0.239 e. The lowest BCUT2D eigenvalue weighted by Gasteiger charge is -2.05. The van der Waals surface area contributed by atoms with Gasteiger partial charge >= 0.3 is 0 Å². The van der Waals surface area contributed by atoms with Crippen molar-refractivity contribution in [1.29, 1.82) is 0 Å². The zero-order valence-corrected chi connectivity index (χ0v) is 9.21. The van der Waals surface area contributed by atoms with Crippen LogP contribution >= 0.6 is 0 Å². The second-order valence-electron chi connectivity index (χ2n) is 3.50. The summed E-state index contributed by atoms with van der Waals surface area (Å²) in [6, 6.07) is 7.42. The lowest BCUT2D eigenvalue weighted by Crippen LogP contribution is -1.95. The fraction of sp³-hybridized carbons (Fsp3) is 0.167. The molecule has 0 aliphatic carbocycles. The Bertz CT molecular complexity index is 485. The third-order valence-corrected chi connectivity index (χ3v) is 2.18. The van der Waals surface area contributed by atoms with Gasteiger partial charge in [-0.1, -0.05) is 12.1 Å². The van der Waals surface area contributed by atoms with E-state index in [1.54, 1.807) is 0 Å². The molecule has 88 valence electrons. The Morgan fingerprint density at radius 2 is 1.94 bits per heavy atom. The van der Waals surface area contributed by atoms with Crippen molar-refractivity contribution in [2.45, 2.75) is 6.42 Å². The molecule has 0 saturated heterocycles. The van der Waals surface area contributed by atoms with E-state index in [0.29, 0.717) is 23.9 Å². The first-order valence-corrected chi connectivity index (χ1v) is 5.23. The third kappa shape index (κ3) is 3.15. The summed E-state index contributed by atoms with van der Waals surface area (Å²) in [5, 5.41) is 8.79. The molecule has 2 rings (SSSR count). The topological polar surface area (TPSA) is 81.3 Å². The van der Waals surface area contributed by atoms with E-state index in [1.165, 1.54) is 12.4 Å². The number of rotatable bonds is 4. The highest BCUT2D eigenvalue weighted by atomic mass is 16.5. The number of ether oxygens (including phenoxy) is 1. The second-order valence-corrected chi connectivity index (χ2v) is 3.50. The highest BCUT2D eigenvalue weighted by Gasteiger charge is 2.00. The van der Waals surface area contributed by atoms with Crippen LogP contribution in [-0.4, -0.2) is 21.7 Å². The molecule has 17 heavy (non-hydrogen) atoms. The van der Waals surface area contributed by atoms with Crippen LogP contribution in [-0.2, 0) is 6.42 Å². The number of nitrogen functional groups attached to an aromatic ring is 1. The summed E-state index contributed by atoms with van der Waals surface area (Å²) in [5.41, 5.74) is 6.55. The van der Waals surface area contributed by atoms with Crippen LogP contribution in [0.1, 0.15) is 5.56 Å². The molecule has 1 aromatic heterocycles. The molecule has 2 aromatic rings. The van der Waals surface area contributed by atoms with Gasteiger partial charge in [0.1, 0.15) is 11.6 Å². The fourth-order valence-electron chi connectivity index (χ4n) is 1.39. The number of hydrogen-bond donors (Lipinski definition) is 2. The normalized spacial score (nSPS) is 10.2. The Morgan fingerprint density at radius 1 is 1.18 bits per heavy atom. The molecule has 0 aliphatic rings. The number of aliphatic hydroxyl groups excluding tert-OH is 1. The first-order valence-electron chi connectivity index (χ1n) is 5.23. The summed E-state index contributed by atoms with van der Waals surface area (Å²) in [5.74, 6) is 1.34. The first kappa shape index (κ1) is 11.3. The monoisotopic (exact) mass is 231 g/mol. The van der Waals surface area contributed by atoms with Crippen molar-refractivity contribution < 1.29 is 9.84 Å². The summed E-state index contributed by atoms with van der Waals surface area (Å²) < 4.78 is 5.48. The van der Waals surface area contributed by atoms with Crippen LogP contribution in [0.3, 0.4) is 0 Å². The van der Waals surface area contributed by atoms with Gasteiger partial charge in [0.2, 0.25) is 5.88 Å². The van der Waals surface area contributed by atoms with E-state index in [-0.39, 0.29) is 6.61 Å². The van der Waals surface area contributed by atoms with Crippen molar-refractivity contribution in [3.05, 3.63) is 42.2 Å². The minimum Gasteiger partial charge on any atom is -0.437 e. The maximum atomic E-state index is 8.79. The van der Waals surface area contributed by atoms with E-state index in [9.17, 15) is 0 Å². The summed E-state index contributed by atoms with van der Waals surface area (Å²) in [6.07, 6.45) is 3.59. The molecule has 0 aliphatic heterocycles. The number of aromatic nitrogens is 2. The standard InChI is InChI=1S/C12H13N3O2/c13-11-7-14-8-12(15-11)17-10-3-1-9(2-4-10)5-6-16/h1-4,7-8,16H,5-6H2,(H2,13,15). The summed E-state index contributed by atoms with van der Waals surface area (Å²) in [6.45, 7) is 0.140. The van der Waals surface area contributed by atoms with Gasteiger partial charge in [0.15, 0.2) is 0 Å². The molecule has 0 bridgehead atoms. The first-order chi connectivity index (χ1) is 8.28. The van der Waals surface area contributed by atoms with Crippen molar-refractivity contribution >= 4 is 5.82 Å². The van der Waals surface area contributed by atoms with Gasteiger partial charge in [-0.25, -0.2) is 0 Å². The molecular formula is C12H13N3O2. The van der Waals surface area contributed by atoms with E-state index in [4.69, 9.17) is 15.6 Å². The average Bonchev–Trinajstić information content (AvgIpc) is 2.32. The van der Waals surface area contributed by atoms with Crippen LogP contribution in [0.25, 0.3) is 0 Å². The Balaban J connectivity index is 2.08. The van der Waals surface area contributed by atoms with Gasteiger partial charge in [0.05, 0.1) is 12.4 Å². The highest BCUT2D eigenvalue weighted by Crippen LogP contribution is 2.19. The number of nitrogens with zero attached hydrogens (tertiary/aromatic N) is 2. The molecule has 0 spiro atoms. The minimum absolute atomic E-state index is 0.140. The van der Waals surface area contributed by atoms with E-state index >= 15 is 0 Å². The van der Waals surface area contributed by atoms with Gasteiger partial charge in [0.25, 0.3) is 0 Å². The van der Waals surface area contributed by atoms with Crippen LogP contribution < -0.4 is 10.5 Å². The Kier molecular flexibility index (Phi) is 3.52. The Hall–Kier alpha value is -2.14. The molecule has 0 atom stereocenters. The van der Waals surface area contributed by atoms with Gasteiger partial charge in [-0.15, -0.1) is 0 Å². The molecule has 3 N–H and O–H groups in total. The second kappa shape index (κ2) is 5.27. The minimum atomic E-state index is 0.140. The lowest BCUT2D eigenvalue weighted by atomic mass is 10.1. The van der Waals surface area contributed by atoms with Crippen molar-refractivity contribution in [3.8, 4) is 11.6 Å². The van der Waals surface area contributed by atoms with E-state index in [2.05, 4.69) is 9.97 Å². The molecule has 0 fully saturated rings. The largest absolute Gasteiger partial charge is 0.437 e. The Morgan fingerprint density at radius 3 is 2.59 bits per heavy atom. The predicted octanol–water partition coefficient (Wildman–Crippen LogP) is 1.39. The quantitative estimate of drug-likeness (QED) is 0.830. The van der Waals surface area contributed by atoms with Gasteiger partial charge < -0.3 is 15.6 Å². The SMILES string of the molecule is Nc1cncc(Oc2ccc(CCO)cc2)n1. The molecule has 5 heteroatoms. The van der Waals surface area contributed by atoms with Crippen molar-refractivity contribution in [3.63, 3.8) is 0 Å². The molecule has 0 unspecified atom stereocenters. The van der Waals surface area contributed by atoms with Gasteiger partial charge in [-0.2, -0.15) is 4.98 Å². The number of benzene rings is 1. The fourth-order valence-corrected chi connectivity index (χ4v) is 1.39. The smallest absolute Gasteiger partial charge is 0.239 e. The van der Waals surface area contributed by atoms with E-state index in [1.807, 2.05) is 24.3 Å². The molecule has 0 amide bonds. The van der Waals surface area contributed by atoms with Crippen LogP contribution in [0.15, 0.2) is 36.7 Å². The van der Waals surface area contributed by atoms with Crippen molar-refractivity contribution in [1.82, 2.24) is 9.97 Å². The van der Waals surface area contributed by atoms with Crippen LogP contribution in [0.2, 0.25) is 0 Å². The summed E-state index contributed by atoms with van der Waals surface area (Å²) in [4.78, 5) is 7.86. The van der Waals surface area contributed by atoms with Crippen molar-refractivity contribution in [2.24, 2.45) is 0 Å². The molecule has 1 aromatic carbocycles.